The minimum atomic E-state index is -0.314. The molecule has 0 aromatic heterocycles. The lowest BCUT2D eigenvalue weighted by atomic mass is 10.0. The van der Waals surface area contributed by atoms with Gasteiger partial charge in [0.05, 0.1) is 13.1 Å². The molecule has 1 aliphatic rings. The van der Waals surface area contributed by atoms with Gasteiger partial charge in [0, 0.05) is 6.04 Å². The Morgan fingerprint density at radius 3 is 2.44 bits per heavy atom. The first kappa shape index (κ1) is 12.7. The van der Waals surface area contributed by atoms with Crippen LogP contribution < -0.4 is 5.32 Å². The summed E-state index contributed by atoms with van der Waals surface area (Å²) in [6.45, 7) is 3.86. The van der Waals surface area contributed by atoms with Crippen LogP contribution >= 0.6 is 0 Å². The number of aryl methyl sites for hydroxylation is 1. The van der Waals surface area contributed by atoms with E-state index in [-0.39, 0.29) is 36.8 Å². The minimum Gasteiger partial charge on any atom is -0.294 e. The SMILES string of the molecule is Cc1ccc(C(C)N2CC(=O)NC(=O)C2)cc1F. The van der Waals surface area contributed by atoms with Gasteiger partial charge in [0.2, 0.25) is 11.8 Å². The number of halogens is 1. The molecule has 1 aromatic carbocycles. The fourth-order valence-corrected chi connectivity index (χ4v) is 2.01. The smallest absolute Gasteiger partial charge is 0.240 e. The Kier molecular flexibility index (Phi) is 3.43. The van der Waals surface area contributed by atoms with E-state index in [0.29, 0.717) is 5.56 Å². The van der Waals surface area contributed by atoms with Crippen LogP contribution in [0, 0.1) is 12.7 Å². The molecule has 4 nitrogen and oxygen atoms in total. The van der Waals surface area contributed by atoms with Crippen LogP contribution in [0.4, 0.5) is 4.39 Å². The molecule has 1 unspecified atom stereocenters. The summed E-state index contributed by atoms with van der Waals surface area (Å²) in [6, 6.07) is 4.81. The van der Waals surface area contributed by atoms with E-state index in [9.17, 15) is 14.0 Å². The van der Waals surface area contributed by atoms with Gasteiger partial charge in [-0.05, 0) is 31.0 Å². The van der Waals surface area contributed by atoms with Crippen LogP contribution in [-0.4, -0.2) is 29.8 Å². The molecule has 96 valence electrons. The maximum atomic E-state index is 13.5. The van der Waals surface area contributed by atoms with Crippen molar-refractivity contribution in [2.45, 2.75) is 19.9 Å². The molecular formula is C13H15FN2O2. The number of nitrogens with zero attached hydrogens (tertiary/aromatic N) is 1. The van der Waals surface area contributed by atoms with Crippen molar-refractivity contribution < 1.29 is 14.0 Å². The van der Waals surface area contributed by atoms with Gasteiger partial charge in [-0.2, -0.15) is 0 Å². The van der Waals surface area contributed by atoms with Gasteiger partial charge in [-0.15, -0.1) is 0 Å². The van der Waals surface area contributed by atoms with Crippen molar-refractivity contribution >= 4 is 11.8 Å². The molecule has 1 fully saturated rings. The lowest BCUT2D eigenvalue weighted by Gasteiger charge is -2.31. The Labute approximate surface area is 105 Å². The molecule has 1 N–H and O–H groups in total. The number of rotatable bonds is 2. The van der Waals surface area contributed by atoms with Crippen molar-refractivity contribution in [1.29, 1.82) is 0 Å². The van der Waals surface area contributed by atoms with Crippen molar-refractivity contribution in [3.8, 4) is 0 Å². The fraction of sp³-hybridized carbons (Fsp3) is 0.385. The number of imide groups is 1. The number of carbonyl (C=O) groups excluding carboxylic acids is 2. The van der Waals surface area contributed by atoms with E-state index in [1.165, 1.54) is 6.07 Å². The van der Waals surface area contributed by atoms with E-state index in [0.717, 1.165) is 5.56 Å². The number of hydrogen-bond acceptors (Lipinski definition) is 3. The third-order valence-electron chi connectivity index (χ3n) is 3.20. The molecule has 0 saturated carbocycles. The van der Waals surface area contributed by atoms with E-state index >= 15 is 0 Å². The third kappa shape index (κ3) is 2.56. The Morgan fingerprint density at radius 2 is 1.89 bits per heavy atom. The van der Waals surface area contributed by atoms with Gasteiger partial charge in [-0.25, -0.2) is 4.39 Å². The molecule has 0 aliphatic carbocycles. The first-order valence-corrected chi connectivity index (χ1v) is 5.80. The first-order valence-electron chi connectivity index (χ1n) is 5.80. The molecule has 2 amide bonds. The largest absolute Gasteiger partial charge is 0.294 e. The van der Waals surface area contributed by atoms with Crippen LogP contribution in [-0.2, 0) is 9.59 Å². The number of nitrogens with one attached hydrogen (secondary N) is 1. The highest BCUT2D eigenvalue weighted by Crippen LogP contribution is 2.22. The van der Waals surface area contributed by atoms with Gasteiger partial charge >= 0.3 is 0 Å². The van der Waals surface area contributed by atoms with Crippen LogP contribution in [0.1, 0.15) is 24.1 Å². The van der Waals surface area contributed by atoms with Crippen molar-refractivity contribution in [3.05, 3.63) is 35.1 Å². The second-order valence-electron chi connectivity index (χ2n) is 4.56. The summed E-state index contributed by atoms with van der Waals surface area (Å²) in [5.41, 5.74) is 1.35. The predicted molar refractivity (Wildman–Crippen MR) is 64.3 cm³/mol. The zero-order chi connectivity index (χ0) is 13.3. The van der Waals surface area contributed by atoms with Gasteiger partial charge in [-0.1, -0.05) is 12.1 Å². The van der Waals surface area contributed by atoms with Gasteiger partial charge < -0.3 is 0 Å². The molecular weight excluding hydrogens is 235 g/mol. The molecule has 1 atom stereocenters. The highest BCUT2D eigenvalue weighted by molar-refractivity contribution is 5.99. The zero-order valence-corrected chi connectivity index (χ0v) is 10.4. The highest BCUT2D eigenvalue weighted by atomic mass is 19.1. The number of hydrogen-bond donors (Lipinski definition) is 1. The molecule has 18 heavy (non-hydrogen) atoms. The average Bonchev–Trinajstić information content (AvgIpc) is 2.30. The van der Waals surface area contributed by atoms with Crippen LogP contribution in [0.25, 0.3) is 0 Å². The highest BCUT2D eigenvalue weighted by Gasteiger charge is 2.27. The van der Waals surface area contributed by atoms with Crippen molar-refractivity contribution in [1.82, 2.24) is 10.2 Å². The van der Waals surface area contributed by atoms with Crippen molar-refractivity contribution in [2.75, 3.05) is 13.1 Å². The van der Waals surface area contributed by atoms with Crippen LogP contribution in [0.2, 0.25) is 0 Å². The summed E-state index contributed by atoms with van der Waals surface area (Å²) in [6.07, 6.45) is 0. The topological polar surface area (TPSA) is 49.4 Å². The van der Waals surface area contributed by atoms with Crippen LogP contribution in [0.15, 0.2) is 18.2 Å². The molecule has 1 heterocycles. The standard InChI is InChI=1S/C13H15FN2O2/c1-8-3-4-10(5-11(8)14)9(2)16-6-12(17)15-13(18)7-16/h3-5,9H,6-7H2,1-2H3,(H,15,17,18). The molecule has 0 radical (unpaired) electrons. The second kappa shape index (κ2) is 4.86. The van der Waals surface area contributed by atoms with Gasteiger partial charge in [0.15, 0.2) is 0 Å². The Morgan fingerprint density at radius 1 is 1.28 bits per heavy atom. The number of piperazine rings is 1. The predicted octanol–water partition coefficient (Wildman–Crippen LogP) is 1.15. The van der Waals surface area contributed by atoms with E-state index in [4.69, 9.17) is 0 Å². The quantitative estimate of drug-likeness (QED) is 0.801. The summed E-state index contributed by atoms with van der Waals surface area (Å²) >= 11 is 0. The molecule has 2 rings (SSSR count). The summed E-state index contributed by atoms with van der Waals surface area (Å²) in [5.74, 6) is -0.900. The van der Waals surface area contributed by atoms with E-state index in [2.05, 4.69) is 5.32 Å². The lowest BCUT2D eigenvalue weighted by molar-refractivity contribution is -0.137. The third-order valence-corrected chi connectivity index (χ3v) is 3.20. The van der Waals surface area contributed by atoms with Crippen LogP contribution in [0.5, 0.6) is 0 Å². The normalized spacial score (nSPS) is 18.6. The Hall–Kier alpha value is -1.75. The average molecular weight is 250 g/mol. The monoisotopic (exact) mass is 250 g/mol. The molecule has 1 aromatic rings. The van der Waals surface area contributed by atoms with Gasteiger partial charge in [0.1, 0.15) is 5.82 Å². The van der Waals surface area contributed by atoms with E-state index < -0.39 is 0 Å². The molecule has 0 bridgehead atoms. The van der Waals surface area contributed by atoms with Crippen molar-refractivity contribution in [2.24, 2.45) is 0 Å². The van der Waals surface area contributed by atoms with E-state index in [1.54, 1.807) is 17.9 Å². The zero-order valence-electron chi connectivity index (χ0n) is 10.4. The Bertz CT molecular complexity index is 486. The summed E-state index contributed by atoms with van der Waals surface area (Å²) in [4.78, 5) is 24.3. The maximum absolute atomic E-state index is 13.5. The summed E-state index contributed by atoms with van der Waals surface area (Å²) in [5, 5.41) is 2.24. The lowest BCUT2D eigenvalue weighted by Crippen LogP contribution is -2.51. The maximum Gasteiger partial charge on any atom is 0.240 e. The molecule has 5 heteroatoms. The minimum absolute atomic E-state index is 0.155. The first-order chi connectivity index (χ1) is 8.47. The molecule has 1 aliphatic heterocycles. The molecule has 0 spiro atoms. The fourth-order valence-electron chi connectivity index (χ4n) is 2.01. The number of amides is 2. The Balaban J connectivity index is 2.19. The van der Waals surface area contributed by atoms with E-state index in [1.807, 2.05) is 13.0 Å². The second-order valence-corrected chi connectivity index (χ2v) is 4.56. The molecule has 1 saturated heterocycles. The summed E-state index contributed by atoms with van der Waals surface area (Å²) < 4.78 is 13.5. The number of carbonyl (C=O) groups is 2. The van der Waals surface area contributed by atoms with Crippen LogP contribution in [0.3, 0.4) is 0 Å². The number of benzene rings is 1. The summed E-state index contributed by atoms with van der Waals surface area (Å²) in [7, 11) is 0. The van der Waals surface area contributed by atoms with Gasteiger partial charge in [-0.3, -0.25) is 19.8 Å². The van der Waals surface area contributed by atoms with Gasteiger partial charge in [0.25, 0.3) is 0 Å². The van der Waals surface area contributed by atoms with Crippen molar-refractivity contribution in [3.63, 3.8) is 0 Å².